The SMILES string of the molecule is O=C(O)[C@H]1SC(c2ccccc2)S[C@H]1C(=O)OCc1ccccc1. The van der Waals surface area contributed by atoms with Crippen molar-refractivity contribution in [3.8, 4) is 0 Å². The molecule has 0 amide bonds. The summed E-state index contributed by atoms with van der Waals surface area (Å²) in [4.78, 5) is 23.9. The minimum Gasteiger partial charge on any atom is -0.480 e. The van der Waals surface area contributed by atoms with Crippen LogP contribution in [0.4, 0.5) is 0 Å². The van der Waals surface area contributed by atoms with Crippen LogP contribution in [0.2, 0.25) is 0 Å². The quantitative estimate of drug-likeness (QED) is 0.820. The van der Waals surface area contributed by atoms with E-state index in [1.807, 2.05) is 60.7 Å². The van der Waals surface area contributed by atoms with Crippen LogP contribution in [-0.4, -0.2) is 27.5 Å². The number of carbonyl (C=O) groups excluding carboxylic acids is 1. The number of carboxylic acids is 1. The molecule has 1 heterocycles. The fourth-order valence-corrected chi connectivity index (χ4v) is 5.72. The molecule has 4 nitrogen and oxygen atoms in total. The maximum atomic E-state index is 12.4. The lowest BCUT2D eigenvalue weighted by Gasteiger charge is -2.13. The number of esters is 1. The molecule has 2 aromatic carbocycles. The zero-order valence-electron chi connectivity index (χ0n) is 12.7. The van der Waals surface area contributed by atoms with Crippen molar-refractivity contribution in [3.63, 3.8) is 0 Å². The van der Waals surface area contributed by atoms with Crippen LogP contribution in [0.5, 0.6) is 0 Å². The van der Waals surface area contributed by atoms with Gasteiger partial charge in [-0.1, -0.05) is 60.7 Å². The van der Waals surface area contributed by atoms with Crippen LogP contribution in [0, 0.1) is 0 Å². The largest absolute Gasteiger partial charge is 0.480 e. The number of benzene rings is 2. The Morgan fingerprint density at radius 2 is 1.50 bits per heavy atom. The van der Waals surface area contributed by atoms with E-state index in [4.69, 9.17) is 4.74 Å². The molecule has 0 spiro atoms. The number of ether oxygens (including phenoxy) is 1. The van der Waals surface area contributed by atoms with Crippen LogP contribution in [0.3, 0.4) is 0 Å². The number of thioether (sulfide) groups is 2. The first-order valence-electron chi connectivity index (χ1n) is 7.44. The first-order valence-corrected chi connectivity index (χ1v) is 9.33. The monoisotopic (exact) mass is 360 g/mol. The molecule has 0 saturated carbocycles. The molecule has 1 saturated heterocycles. The fraction of sp³-hybridized carbons (Fsp3) is 0.222. The molecule has 0 bridgehead atoms. The number of aliphatic carboxylic acids is 1. The summed E-state index contributed by atoms with van der Waals surface area (Å²) in [6, 6.07) is 19.0. The summed E-state index contributed by atoms with van der Waals surface area (Å²) >= 11 is 2.64. The van der Waals surface area contributed by atoms with E-state index in [1.54, 1.807) is 0 Å². The molecule has 1 fully saturated rings. The van der Waals surface area contributed by atoms with Crippen molar-refractivity contribution in [1.82, 2.24) is 0 Å². The van der Waals surface area contributed by atoms with Gasteiger partial charge in [-0.2, -0.15) is 0 Å². The molecule has 2 aromatic rings. The van der Waals surface area contributed by atoms with Crippen molar-refractivity contribution in [2.75, 3.05) is 0 Å². The van der Waals surface area contributed by atoms with Gasteiger partial charge in [0.25, 0.3) is 0 Å². The third kappa shape index (κ3) is 3.94. The van der Waals surface area contributed by atoms with Crippen molar-refractivity contribution in [2.45, 2.75) is 21.7 Å². The van der Waals surface area contributed by atoms with Gasteiger partial charge in [0.2, 0.25) is 0 Å². The van der Waals surface area contributed by atoms with Crippen LogP contribution >= 0.6 is 23.5 Å². The van der Waals surface area contributed by atoms with E-state index in [1.165, 1.54) is 23.5 Å². The smallest absolute Gasteiger partial charge is 0.321 e. The Bertz CT molecular complexity index is 705. The predicted octanol–water partition coefficient (Wildman–Crippen LogP) is 3.73. The molecule has 24 heavy (non-hydrogen) atoms. The summed E-state index contributed by atoms with van der Waals surface area (Å²) in [5, 5.41) is 7.93. The first kappa shape index (κ1) is 16.9. The van der Waals surface area contributed by atoms with Gasteiger partial charge in [0.05, 0.1) is 4.58 Å². The first-order chi connectivity index (χ1) is 11.6. The fourth-order valence-electron chi connectivity index (χ4n) is 2.39. The maximum absolute atomic E-state index is 12.4. The normalized spacial score (nSPS) is 22.9. The minimum absolute atomic E-state index is 0.0819. The molecule has 3 rings (SSSR count). The lowest BCUT2D eigenvalue weighted by molar-refractivity contribution is -0.147. The third-order valence-electron chi connectivity index (χ3n) is 3.59. The van der Waals surface area contributed by atoms with Crippen molar-refractivity contribution in [2.24, 2.45) is 0 Å². The van der Waals surface area contributed by atoms with Crippen LogP contribution in [0.1, 0.15) is 15.7 Å². The van der Waals surface area contributed by atoms with E-state index in [2.05, 4.69) is 0 Å². The van der Waals surface area contributed by atoms with Crippen LogP contribution in [0.15, 0.2) is 60.7 Å². The molecular formula is C18H16O4S2. The van der Waals surface area contributed by atoms with Gasteiger partial charge in [-0.3, -0.25) is 9.59 Å². The summed E-state index contributed by atoms with van der Waals surface area (Å²) in [7, 11) is 0. The Morgan fingerprint density at radius 1 is 0.917 bits per heavy atom. The Hall–Kier alpha value is -1.92. The summed E-state index contributed by atoms with van der Waals surface area (Å²) in [6.45, 7) is 0.156. The number of rotatable bonds is 5. The lowest BCUT2D eigenvalue weighted by atomic mass is 10.2. The topological polar surface area (TPSA) is 63.6 Å². The van der Waals surface area contributed by atoms with Gasteiger partial charge in [0, 0.05) is 0 Å². The van der Waals surface area contributed by atoms with Crippen molar-refractivity contribution >= 4 is 35.5 Å². The van der Waals surface area contributed by atoms with E-state index < -0.39 is 22.4 Å². The molecule has 0 aromatic heterocycles. The molecule has 6 heteroatoms. The Morgan fingerprint density at radius 3 is 2.12 bits per heavy atom. The highest BCUT2D eigenvalue weighted by molar-refractivity contribution is 8.21. The summed E-state index contributed by atoms with van der Waals surface area (Å²) < 4.78 is 5.26. The van der Waals surface area contributed by atoms with Crippen LogP contribution in [-0.2, 0) is 20.9 Å². The highest BCUT2D eigenvalue weighted by atomic mass is 32.2. The van der Waals surface area contributed by atoms with Gasteiger partial charge in [0.1, 0.15) is 17.1 Å². The average molecular weight is 360 g/mol. The molecule has 0 aliphatic carbocycles. The number of hydrogen-bond acceptors (Lipinski definition) is 5. The van der Waals surface area contributed by atoms with Gasteiger partial charge >= 0.3 is 11.9 Å². The van der Waals surface area contributed by atoms with Crippen LogP contribution in [0.25, 0.3) is 0 Å². The molecule has 1 N–H and O–H groups in total. The van der Waals surface area contributed by atoms with Gasteiger partial charge in [-0.15, -0.1) is 23.5 Å². The van der Waals surface area contributed by atoms with E-state index in [-0.39, 0.29) is 11.2 Å². The van der Waals surface area contributed by atoms with Crippen molar-refractivity contribution < 1.29 is 19.4 Å². The number of carboxylic acid groups (broad SMARTS) is 1. The second-order valence-electron chi connectivity index (χ2n) is 5.29. The Labute approximate surface area is 148 Å². The van der Waals surface area contributed by atoms with Gasteiger partial charge in [0.15, 0.2) is 0 Å². The highest BCUT2D eigenvalue weighted by Crippen LogP contribution is 2.53. The van der Waals surface area contributed by atoms with Crippen molar-refractivity contribution in [3.05, 3.63) is 71.8 Å². The highest BCUT2D eigenvalue weighted by Gasteiger charge is 2.45. The van der Waals surface area contributed by atoms with E-state index in [9.17, 15) is 14.7 Å². The maximum Gasteiger partial charge on any atom is 0.321 e. The van der Waals surface area contributed by atoms with E-state index in [0.29, 0.717) is 0 Å². The van der Waals surface area contributed by atoms with Crippen LogP contribution < -0.4 is 0 Å². The standard InChI is InChI=1S/C18H16O4S2/c19-16(20)14-15(17(21)22-11-12-7-3-1-4-8-12)24-18(23-14)13-9-5-2-6-10-13/h1-10,14-15,18H,11H2,(H,19,20)/t14-,15+,18?/m0/s1. The Balaban J connectivity index is 1.68. The van der Waals surface area contributed by atoms with Gasteiger partial charge in [-0.05, 0) is 11.1 Å². The lowest BCUT2D eigenvalue weighted by Crippen LogP contribution is -2.33. The number of hydrogen-bond donors (Lipinski definition) is 1. The molecule has 3 atom stereocenters. The summed E-state index contributed by atoms with van der Waals surface area (Å²) in [5.74, 6) is -1.45. The van der Waals surface area contributed by atoms with Gasteiger partial charge in [-0.25, -0.2) is 0 Å². The minimum atomic E-state index is -0.979. The molecular weight excluding hydrogens is 344 g/mol. The molecule has 124 valence electrons. The number of carbonyl (C=O) groups is 2. The summed E-state index contributed by atoms with van der Waals surface area (Å²) in [5.41, 5.74) is 1.89. The average Bonchev–Trinajstić information content (AvgIpc) is 3.07. The van der Waals surface area contributed by atoms with Crippen molar-refractivity contribution in [1.29, 1.82) is 0 Å². The molecule has 1 aliphatic rings. The molecule has 1 aliphatic heterocycles. The summed E-state index contributed by atoms with van der Waals surface area (Å²) in [6.07, 6.45) is 0. The third-order valence-corrected chi connectivity index (χ3v) is 6.99. The Kier molecular flexibility index (Phi) is 5.48. The second-order valence-corrected chi connectivity index (χ2v) is 8.09. The predicted molar refractivity (Wildman–Crippen MR) is 95.8 cm³/mol. The zero-order valence-corrected chi connectivity index (χ0v) is 14.3. The second kappa shape index (κ2) is 7.77. The zero-order chi connectivity index (χ0) is 16.9. The van der Waals surface area contributed by atoms with E-state index in [0.717, 1.165) is 11.1 Å². The molecule has 0 radical (unpaired) electrons. The van der Waals surface area contributed by atoms with Gasteiger partial charge < -0.3 is 9.84 Å². The van der Waals surface area contributed by atoms with E-state index >= 15 is 0 Å². The molecule has 1 unspecified atom stereocenters.